The third-order valence-electron chi connectivity index (χ3n) is 3.30. The van der Waals surface area contributed by atoms with Gasteiger partial charge in [0.15, 0.2) is 4.96 Å². The highest BCUT2D eigenvalue weighted by molar-refractivity contribution is 7.15. The minimum atomic E-state index is -0.334. The van der Waals surface area contributed by atoms with E-state index < -0.39 is 0 Å². The summed E-state index contributed by atoms with van der Waals surface area (Å²) in [5, 5.41) is 5.34. The number of esters is 1. The third kappa shape index (κ3) is 2.62. The van der Waals surface area contributed by atoms with E-state index in [1.54, 1.807) is 23.5 Å². The van der Waals surface area contributed by atoms with E-state index in [1.165, 1.54) is 7.11 Å². The highest BCUT2D eigenvalue weighted by Crippen LogP contribution is 2.19. The van der Waals surface area contributed by atoms with Crippen LogP contribution in [0.25, 0.3) is 4.96 Å². The van der Waals surface area contributed by atoms with Crippen LogP contribution in [0.5, 0.6) is 0 Å². The number of hydrogen-bond donors (Lipinski definition) is 1. The number of rotatable bonds is 4. The SMILES string of the molecule is COC(=O)c1cccc(NCc2c(C)nc3sccn23)c1. The van der Waals surface area contributed by atoms with Crippen molar-refractivity contribution in [1.29, 1.82) is 0 Å². The molecule has 0 aliphatic heterocycles. The Morgan fingerprint density at radius 3 is 3.14 bits per heavy atom. The highest BCUT2D eigenvalue weighted by Gasteiger charge is 2.10. The summed E-state index contributed by atoms with van der Waals surface area (Å²) in [5.74, 6) is -0.334. The molecule has 0 saturated carbocycles. The van der Waals surface area contributed by atoms with E-state index >= 15 is 0 Å². The second kappa shape index (κ2) is 5.57. The summed E-state index contributed by atoms with van der Waals surface area (Å²) in [6, 6.07) is 7.27. The van der Waals surface area contributed by atoms with Gasteiger partial charge in [0.05, 0.1) is 30.6 Å². The molecule has 21 heavy (non-hydrogen) atoms. The Balaban J connectivity index is 1.80. The minimum absolute atomic E-state index is 0.334. The molecule has 1 aromatic carbocycles. The van der Waals surface area contributed by atoms with E-state index in [1.807, 2.05) is 30.6 Å². The molecule has 5 nitrogen and oxygen atoms in total. The summed E-state index contributed by atoms with van der Waals surface area (Å²) >= 11 is 1.62. The van der Waals surface area contributed by atoms with Gasteiger partial charge in [0, 0.05) is 17.3 Å². The molecule has 3 aromatic rings. The van der Waals surface area contributed by atoms with Gasteiger partial charge in [-0.2, -0.15) is 0 Å². The summed E-state index contributed by atoms with van der Waals surface area (Å²) in [6.45, 7) is 2.65. The summed E-state index contributed by atoms with van der Waals surface area (Å²) < 4.78 is 6.81. The van der Waals surface area contributed by atoms with Crippen molar-refractivity contribution in [2.24, 2.45) is 0 Å². The minimum Gasteiger partial charge on any atom is -0.465 e. The van der Waals surface area contributed by atoms with Crippen molar-refractivity contribution in [2.75, 3.05) is 12.4 Å². The monoisotopic (exact) mass is 301 g/mol. The van der Waals surface area contributed by atoms with Crippen LogP contribution in [-0.4, -0.2) is 22.5 Å². The number of nitrogens with one attached hydrogen (secondary N) is 1. The van der Waals surface area contributed by atoms with Crippen molar-refractivity contribution >= 4 is 28.0 Å². The van der Waals surface area contributed by atoms with E-state index in [0.29, 0.717) is 12.1 Å². The van der Waals surface area contributed by atoms with Gasteiger partial charge in [-0.3, -0.25) is 4.40 Å². The second-order valence-electron chi connectivity index (χ2n) is 4.63. The topological polar surface area (TPSA) is 55.6 Å². The van der Waals surface area contributed by atoms with Crippen LogP contribution in [0.1, 0.15) is 21.7 Å². The van der Waals surface area contributed by atoms with Gasteiger partial charge in [-0.05, 0) is 25.1 Å². The van der Waals surface area contributed by atoms with Crippen LogP contribution in [-0.2, 0) is 11.3 Å². The van der Waals surface area contributed by atoms with Crippen molar-refractivity contribution in [3.63, 3.8) is 0 Å². The number of aromatic nitrogens is 2. The molecule has 2 aromatic heterocycles. The van der Waals surface area contributed by atoms with Gasteiger partial charge in [0.25, 0.3) is 0 Å². The molecule has 0 saturated heterocycles. The number of methoxy groups -OCH3 is 1. The predicted octanol–water partition coefficient (Wildman–Crippen LogP) is 3.10. The zero-order chi connectivity index (χ0) is 14.8. The van der Waals surface area contributed by atoms with E-state index in [2.05, 4.69) is 14.7 Å². The first-order valence-corrected chi connectivity index (χ1v) is 7.40. The smallest absolute Gasteiger partial charge is 0.337 e. The average Bonchev–Trinajstić information content (AvgIpc) is 3.05. The van der Waals surface area contributed by atoms with Crippen LogP contribution in [0.4, 0.5) is 5.69 Å². The molecule has 0 spiro atoms. The summed E-state index contributed by atoms with van der Waals surface area (Å²) in [4.78, 5) is 17.0. The first-order valence-electron chi connectivity index (χ1n) is 6.52. The van der Waals surface area contributed by atoms with Gasteiger partial charge in [-0.1, -0.05) is 6.07 Å². The normalized spacial score (nSPS) is 10.8. The lowest BCUT2D eigenvalue weighted by molar-refractivity contribution is 0.0601. The van der Waals surface area contributed by atoms with Crippen LogP contribution in [0.3, 0.4) is 0 Å². The number of ether oxygens (including phenoxy) is 1. The molecule has 0 radical (unpaired) electrons. The number of carbonyl (C=O) groups excluding carboxylic acids is 1. The number of fused-ring (bicyclic) bond motifs is 1. The zero-order valence-corrected chi connectivity index (χ0v) is 12.6. The molecule has 3 rings (SSSR count). The van der Waals surface area contributed by atoms with Crippen LogP contribution < -0.4 is 5.32 Å². The van der Waals surface area contributed by atoms with Gasteiger partial charge in [0.2, 0.25) is 0 Å². The first-order chi connectivity index (χ1) is 10.2. The van der Waals surface area contributed by atoms with E-state index in [-0.39, 0.29) is 5.97 Å². The zero-order valence-electron chi connectivity index (χ0n) is 11.8. The molecule has 0 atom stereocenters. The number of imidazole rings is 1. The van der Waals surface area contributed by atoms with Gasteiger partial charge < -0.3 is 10.1 Å². The number of hydrogen-bond acceptors (Lipinski definition) is 5. The van der Waals surface area contributed by atoms with Gasteiger partial charge >= 0.3 is 5.97 Å². The number of anilines is 1. The summed E-state index contributed by atoms with van der Waals surface area (Å²) in [6.07, 6.45) is 2.02. The second-order valence-corrected chi connectivity index (χ2v) is 5.50. The molecule has 6 heteroatoms. The quantitative estimate of drug-likeness (QED) is 0.752. The van der Waals surface area contributed by atoms with Crippen molar-refractivity contribution < 1.29 is 9.53 Å². The predicted molar refractivity (Wildman–Crippen MR) is 82.9 cm³/mol. The Morgan fingerprint density at radius 1 is 1.48 bits per heavy atom. The fourth-order valence-electron chi connectivity index (χ4n) is 2.21. The molecular formula is C15H15N3O2S. The maximum absolute atomic E-state index is 11.5. The fourth-order valence-corrected chi connectivity index (χ4v) is 2.99. The molecule has 108 valence electrons. The molecular weight excluding hydrogens is 286 g/mol. The van der Waals surface area contributed by atoms with Crippen LogP contribution in [0.2, 0.25) is 0 Å². The number of thiazole rings is 1. The van der Waals surface area contributed by atoms with E-state index in [9.17, 15) is 4.79 Å². The lowest BCUT2D eigenvalue weighted by Crippen LogP contribution is -2.05. The van der Waals surface area contributed by atoms with E-state index in [4.69, 9.17) is 4.74 Å². The molecule has 1 N–H and O–H groups in total. The Labute approximate surface area is 126 Å². The van der Waals surface area contributed by atoms with Crippen LogP contribution in [0, 0.1) is 6.92 Å². The number of carbonyl (C=O) groups is 1. The highest BCUT2D eigenvalue weighted by atomic mass is 32.1. The molecule has 0 amide bonds. The van der Waals surface area contributed by atoms with Gasteiger partial charge in [0.1, 0.15) is 0 Å². The van der Waals surface area contributed by atoms with Crippen molar-refractivity contribution in [2.45, 2.75) is 13.5 Å². The molecule has 0 aliphatic rings. The maximum atomic E-state index is 11.5. The standard InChI is InChI=1S/C15H15N3O2S/c1-10-13(18-6-7-21-15(18)17-10)9-16-12-5-3-4-11(8-12)14(19)20-2/h3-8,16H,9H2,1-2H3. The van der Waals surface area contributed by atoms with Crippen molar-refractivity contribution in [1.82, 2.24) is 9.38 Å². The molecule has 0 fully saturated rings. The Kier molecular flexibility index (Phi) is 3.62. The third-order valence-corrected chi connectivity index (χ3v) is 4.06. The van der Waals surface area contributed by atoms with Gasteiger partial charge in [-0.25, -0.2) is 9.78 Å². The van der Waals surface area contributed by atoms with Crippen molar-refractivity contribution in [3.8, 4) is 0 Å². The van der Waals surface area contributed by atoms with Crippen molar-refractivity contribution in [3.05, 3.63) is 52.8 Å². The molecule has 0 bridgehead atoms. The molecule has 2 heterocycles. The van der Waals surface area contributed by atoms with Gasteiger partial charge in [-0.15, -0.1) is 11.3 Å². The number of nitrogens with zero attached hydrogens (tertiary/aromatic N) is 2. The Bertz CT molecular complexity index is 791. The first kappa shape index (κ1) is 13.6. The van der Waals surface area contributed by atoms with Crippen LogP contribution >= 0.6 is 11.3 Å². The fraction of sp³-hybridized carbons (Fsp3) is 0.200. The maximum Gasteiger partial charge on any atom is 0.337 e. The summed E-state index contributed by atoms with van der Waals surface area (Å²) in [5.41, 5.74) is 3.55. The summed E-state index contributed by atoms with van der Waals surface area (Å²) in [7, 11) is 1.38. The number of aryl methyl sites for hydroxylation is 1. The largest absolute Gasteiger partial charge is 0.465 e. The Morgan fingerprint density at radius 2 is 2.33 bits per heavy atom. The lowest BCUT2D eigenvalue weighted by Gasteiger charge is -2.08. The Hall–Kier alpha value is -2.34. The molecule has 0 aliphatic carbocycles. The van der Waals surface area contributed by atoms with E-state index in [0.717, 1.165) is 22.0 Å². The molecule has 0 unspecified atom stereocenters. The lowest BCUT2D eigenvalue weighted by atomic mass is 10.2. The van der Waals surface area contributed by atoms with Crippen LogP contribution in [0.15, 0.2) is 35.8 Å². The average molecular weight is 301 g/mol. The number of benzene rings is 1.